The Bertz CT molecular complexity index is 1280. The van der Waals surface area contributed by atoms with Crippen molar-refractivity contribution in [2.45, 2.75) is 12.5 Å². The number of hydrogen-bond donors (Lipinski definition) is 2. The Morgan fingerprint density at radius 2 is 1.83 bits per heavy atom. The molecule has 5 rings (SSSR count). The van der Waals surface area contributed by atoms with Crippen molar-refractivity contribution in [1.82, 2.24) is 14.5 Å². The fraction of sp³-hybridized carbons (Fsp3) is 0.0833. The number of anilines is 1. The third-order valence-corrected chi connectivity index (χ3v) is 5.25. The lowest BCUT2D eigenvalue weighted by atomic mass is 9.96. The minimum atomic E-state index is -0.0908. The first kappa shape index (κ1) is 17.3. The predicted octanol–water partition coefficient (Wildman–Crippen LogP) is 5.14. The van der Waals surface area contributed by atoms with Gasteiger partial charge >= 0.3 is 0 Å². The van der Waals surface area contributed by atoms with Gasteiger partial charge in [-0.05, 0) is 46.7 Å². The van der Waals surface area contributed by atoms with Crippen LogP contribution < -0.4 is 5.32 Å². The average molecular weight is 380 g/mol. The molecule has 1 atom stereocenters. The Balaban J connectivity index is 1.46. The van der Waals surface area contributed by atoms with Gasteiger partial charge in [0.15, 0.2) is 0 Å². The van der Waals surface area contributed by atoms with Crippen LogP contribution in [0.1, 0.15) is 18.0 Å². The van der Waals surface area contributed by atoms with Crippen molar-refractivity contribution in [3.63, 3.8) is 0 Å². The molecule has 1 amide bonds. The van der Waals surface area contributed by atoms with E-state index in [9.17, 15) is 4.79 Å². The summed E-state index contributed by atoms with van der Waals surface area (Å²) in [7, 11) is 0. The van der Waals surface area contributed by atoms with Gasteiger partial charge in [-0.3, -0.25) is 4.79 Å². The minimum Gasteiger partial charge on any atom is -0.346 e. The maximum Gasteiger partial charge on any atom is 0.226 e. The highest BCUT2D eigenvalue weighted by molar-refractivity contribution is 5.94. The van der Waals surface area contributed by atoms with Gasteiger partial charge in [0.05, 0.1) is 29.8 Å². The number of rotatable bonds is 5. The maximum absolute atomic E-state index is 13.0. The van der Waals surface area contributed by atoms with E-state index in [1.54, 1.807) is 6.33 Å². The number of imidazole rings is 1. The van der Waals surface area contributed by atoms with E-state index in [0.29, 0.717) is 6.42 Å². The SMILES string of the molecule is O=C(C[C@H](c1cccc2ccccc12)n1cccc1)Nc1ccc2nc[nH]c2c1. The van der Waals surface area contributed by atoms with Crippen molar-refractivity contribution in [1.29, 1.82) is 0 Å². The first-order valence-corrected chi connectivity index (χ1v) is 9.61. The van der Waals surface area contributed by atoms with Crippen LogP contribution in [0, 0.1) is 0 Å². The smallest absolute Gasteiger partial charge is 0.226 e. The topological polar surface area (TPSA) is 62.7 Å². The molecule has 0 unspecified atom stereocenters. The van der Waals surface area contributed by atoms with Crippen LogP contribution >= 0.6 is 0 Å². The molecule has 142 valence electrons. The van der Waals surface area contributed by atoms with Gasteiger partial charge in [-0.15, -0.1) is 0 Å². The Labute approximate surface area is 168 Å². The summed E-state index contributed by atoms with van der Waals surface area (Å²) in [5.41, 5.74) is 3.68. The van der Waals surface area contributed by atoms with Crippen LogP contribution in [0.2, 0.25) is 0 Å². The van der Waals surface area contributed by atoms with Crippen LogP contribution in [0.15, 0.2) is 91.5 Å². The van der Waals surface area contributed by atoms with E-state index in [1.165, 1.54) is 10.8 Å². The van der Waals surface area contributed by atoms with Crippen LogP contribution in [-0.4, -0.2) is 20.4 Å². The van der Waals surface area contributed by atoms with Crippen molar-refractivity contribution < 1.29 is 4.79 Å². The number of benzene rings is 3. The molecular weight excluding hydrogens is 360 g/mol. The first-order chi connectivity index (χ1) is 14.3. The largest absolute Gasteiger partial charge is 0.346 e. The van der Waals surface area contributed by atoms with Crippen LogP contribution in [0.3, 0.4) is 0 Å². The third kappa shape index (κ3) is 3.38. The molecule has 0 bridgehead atoms. The summed E-state index contributed by atoms with van der Waals surface area (Å²) in [6, 6.07) is 24.1. The van der Waals surface area contributed by atoms with Gasteiger partial charge in [-0.2, -0.15) is 0 Å². The van der Waals surface area contributed by atoms with Crippen molar-refractivity contribution in [3.05, 3.63) is 97.1 Å². The molecule has 5 nitrogen and oxygen atoms in total. The molecule has 0 fully saturated rings. The van der Waals surface area contributed by atoms with E-state index >= 15 is 0 Å². The zero-order valence-corrected chi connectivity index (χ0v) is 15.7. The number of nitrogens with zero attached hydrogens (tertiary/aromatic N) is 2. The molecular formula is C24H20N4O. The van der Waals surface area contributed by atoms with Crippen molar-refractivity contribution in [2.75, 3.05) is 5.32 Å². The highest BCUT2D eigenvalue weighted by Gasteiger charge is 2.19. The normalized spacial score (nSPS) is 12.3. The number of aromatic nitrogens is 3. The second-order valence-electron chi connectivity index (χ2n) is 7.10. The second-order valence-corrected chi connectivity index (χ2v) is 7.10. The fourth-order valence-electron chi connectivity index (χ4n) is 3.87. The predicted molar refractivity (Wildman–Crippen MR) is 116 cm³/mol. The number of carbonyl (C=O) groups is 1. The van der Waals surface area contributed by atoms with E-state index in [-0.39, 0.29) is 11.9 Å². The van der Waals surface area contributed by atoms with E-state index in [4.69, 9.17) is 0 Å². The summed E-state index contributed by atoms with van der Waals surface area (Å²) < 4.78 is 2.10. The van der Waals surface area contributed by atoms with E-state index in [1.807, 2.05) is 54.9 Å². The standard InChI is InChI=1S/C24H20N4O/c29-24(27-18-10-11-21-22(14-18)26-16-25-21)15-23(28-12-3-4-13-28)20-9-5-7-17-6-1-2-8-19(17)20/h1-14,16,23H,15H2,(H,25,26)(H,27,29)/t23-/m1/s1. The summed E-state index contributed by atoms with van der Waals surface area (Å²) in [5.74, 6) is -0.0319. The first-order valence-electron chi connectivity index (χ1n) is 9.61. The summed E-state index contributed by atoms with van der Waals surface area (Å²) in [6.45, 7) is 0. The maximum atomic E-state index is 13.0. The molecule has 2 aromatic heterocycles. The lowest BCUT2D eigenvalue weighted by Gasteiger charge is -2.21. The number of carbonyl (C=O) groups excluding carboxylic acids is 1. The van der Waals surface area contributed by atoms with Crippen LogP contribution in [0.4, 0.5) is 5.69 Å². The fourth-order valence-corrected chi connectivity index (χ4v) is 3.87. The van der Waals surface area contributed by atoms with Crippen molar-refractivity contribution in [2.24, 2.45) is 0 Å². The molecule has 0 saturated carbocycles. The van der Waals surface area contributed by atoms with Crippen LogP contribution in [0.5, 0.6) is 0 Å². The van der Waals surface area contributed by atoms with Crippen molar-refractivity contribution in [3.8, 4) is 0 Å². The van der Waals surface area contributed by atoms with Gasteiger partial charge < -0.3 is 14.9 Å². The summed E-state index contributed by atoms with van der Waals surface area (Å²) in [6.07, 6.45) is 6.01. The highest BCUT2D eigenvalue weighted by atomic mass is 16.1. The van der Waals surface area contributed by atoms with Gasteiger partial charge in [0, 0.05) is 18.1 Å². The summed E-state index contributed by atoms with van der Waals surface area (Å²) in [4.78, 5) is 20.2. The van der Waals surface area contributed by atoms with E-state index in [2.05, 4.69) is 50.2 Å². The molecule has 2 N–H and O–H groups in total. The van der Waals surface area contributed by atoms with Gasteiger partial charge in [0.2, 0.25) is 5.91 Å². The summed E-state index contributed by atoms with van der Waals surface area (Å²) in [5, 5.41) is 5.37. The monoisotopic (exact) mass is 380 g/mol. The van der Waals surface area contributed by atoms with Crippen molar-refractivity contribution >= 4 is 33.4 Å². The zero-order valence-electron chi connectivity index (χ0n) is 15.7. The van der Waals surface area contributed by atoms with E-state index in [0.717, 1.165) is 22.3 Å². The molecule has 0 spiro atoms. The van der Waals surface area contributed by atoms with Gasteiger partial charge in [-0.25, -0.2) is 4.98 Å². The molecule has 29 heavy (non-hydrogen) atoms. The molecule has 0 aliphatic rings. The molecule has 5 aromatic rings. The lowest BCUT2D eigenvalue weighted by molar-refractivity contribution is -0.116. The van der Waals surface area contributed by atoms with E-state index < -0.39 is 0 Å². The number of hydrogen-bond acceptors (Lipinski definition) is 2. The number of nitrogens with one attached hydrogen (secondary N) is 2. The van der Waals surface area contributed by atoms with Gasteiger partial charge in [-0.1, -0.05) is 42.5 Å². The molecule has 0 aliphatic heterocycles. The lowest BCUT2D eigenvalue weighted by Crippen LogP contribution is -2.19. The van der Waals surface area contributed by atoms with Crippen LogP contribution in [-0.2, 0) is 4.79 Å². The molecule has 0 radical (unpaired) electrons. The van der Waals surface area contributed by atoms with Gasteiger partial charge in [0.1, 0.15) is 0 Å². The second kappa shape index (κ2) is 7.28. The average Bonchev–Trinajstić information content (AvgIpc) is 3.43. The quantitative estimate of drug-likeness (QED) is 0.444. The number of fused-ring (bicyclic) bond motifs is 2. The zero-order chi connectivity index (χ0) is 19.6. The van der Waals surface area contributed by atoms with Gasteiger partial charge in [0.25, 0.3) is 0 Å². The molecule has 3 aromatic carbocycles. The summed E-state index contributed by atoms with van der Waals surface area (Å²) >= 11 is 0. The Morgan fingerprint density at radius 3 is 2.72 bits per heavy atom. The minimum absolute atomic E-state index is 0.0319. The Kier molecular flexibility index (Phi) is 4.33. The van der Waals surface area contributed by atoms with Crippen LogP contribution in [0.25, 0.3) is 21.8 Å². The Morgan fingerprint density at radius 1 is 1.00 bits per heavy atom. The number of amides is 1. The molecule has 2 heterocycles. The Hall–Kier alpha value is -3.86. The molecule has 0 saturated heterocycles. The molecule has 5 heteroatoms. The number of H-pyrrole nitrogens is 1. The number of aromatic amines is 1. The molecule has 0 aliphatic carbocycles. The highest BCUT2D eigenvalue weighted by Crippen LogP contribution is 2.30. The third-order valence-electron chi connectivity index (χ3n) is 5.25.